The number of thioether (sulfide) groups is 1. The van der Waals surface area contributed by atoms with Gasteiger partial charge in [-0.25, -0.2) is 10.9 Å². The molecule has 0 amide bonds. The van der Waals surface area contributed by atoms with Crippen LogP contribution in [0.1, 0.15) is 0 Å². The van der Waals surface area contributed by atoms with Crippen molar-refractivity contribution in [2.75, 3.05) is 5.88 Å². The molecule has 1 aliphatic heterocycles. The summed E-state index contributed by atoms with van der Waals surface area (Å²) in [6.07, 6.45) is 0. The van der Waals surface area contributed by atoms with Crippen molar-refractivity contribution in [2.24, 2.45) is 0 Å². The molecule has 1 rings (SSSR count). The van der Waals surface area contributed by atoms with E-state index in [9.17, 15) is 0 Å². The standard InChI is InChI=1S/C3H6N2S2/c6-1-3-5-4-2-7-3/h1,3-5H,2H2. The van der Waals surface area contributed by atoms with E-state index in [-0.39, 0.29) is 0 Å². The van der Waals surface area contributed by atoms with Crippen LogP contribution in [0.2, 0.25) is 0 Å². The van der Waals surface area contributed by atoms with Crippen LogP contribution < -0.4 is 10.9 Å². The Morgan fingerprint density at radius 3 is 3.00 bits per heavy atom. The predicted molar refractivity (Wildman–Crippen MR) is 36.2 cm³/mol. The fraction of sp³-hybridized carbons (Fsp3) is 0.667. The van der Waals surface area contributed by atoms with Gasteiger partial charge in [-0.1, -0.05) is 12.2 Å². The molecule has 2 N–H and O–H groups in total. The van der Waals surface area contributed by atoms with Crippen molar-refractivity contribution in [1.29, 1.82) is 0 Å². The maximum Gasteiger partial charge on any atom is 0.0962 e. The van der Waals surface area contributed by atoms with Crippen molar-refractivity contribution < 1.29 is 0 Å². The molecule has 0 saturated carbocycles. The number of rotatable bonds is 1. The number of thiocarbonyl (C=S) groups is 1. The summed E-state index contributed by atoms with van der Waals surface area (Å²) in [5, 5.41) is 2.06. The number of nitrogens with one attached hydrogen (secondary N) is 2. The van der Waals surface area contributed by atoms with Crippen LogP contribution in [-0.2, 0) is 0 Å². The third-order valence-electron chi connectivity index (χ3n) is 0.703. The van der Waals surface area contributed by atoms with Crippen molar-refractivity contribution in [3.8, 4) is 0 Å². The Morgan fingerprint density at radius 2 is 2.71 bits per heavy atom. The van der Waals surface area contributed by atoms with Gasteiger partial charge in [0.25, 0.3) is 0 Å². The van der Waals surface area contributed by atoms with Crippen molar-refractivity contribution in [2.45, 2.75) is 5.37 Å². The van der Waals surface area contributed by atoms with E-state index in [0.717, 1.165) is 5.88 Å². The van der Waals surface area contributed by atoms with Gasteiger partial charge in [0.2, 0.25) is 0 Å². The van der Waals surface area contributed by atoms with Gasteiger partial charge in [0, 0.05) is 5.37 Å². The Hall–Kier alpha value is 0.360. The van der Waals surface area contributed by atoms with E-state index in [2.05, 4.69) is 23.1 Å². The Bertz CT molecular complexity index is 69.3. The molecule has 0 bridgehead atoms. The molecule has 0 radical (unpaired) electrons. The first-order valence-corrected chi connectivity index (χ1v) is 3.51. The van der Waals surface area contributed by atoms with Gasteiger partial charge in [-0.15, -0.1) is 11.8 Å². The molecule has 1 fully saturated rings. The average Bonchev–Trinajstić information content (AvgIpc) is 2.14. The monoisotopic (exact) mass is 134 g/mol. The zero-order valence-electron chi connectivity index (χ0n) is 3.68. The van der Waals surface area contributed by atoms with Crippen LogP contribution in [0.4, 0.5) is 0 Å². The minimum atomic E-state index is 0.343. The van der Waals surface area contributed by atoms with Crippen LogP contribution >= 0.6 is 24.0 Å². The van der Waals surface area contributed by atoms with Crippen molar-refractivity contribution >= 4 is 29.3 Å². The van der Waals surface area contributed by atoms with E-state index in [1.807, 2.05) is 0 Å². The van der Waals surface area contributed by atoms with Crippen molar-refractivity contribution in [3.63, 3.8) is 0 Å². The highest BCUT2D eigenvalue weighted by molar-refractivity contribution is 8.01. The van der Waals surface area contributed by atoms with Crippen LogP contribution in [-0.4, -0.2) is 16.6 Å². The molecule has 2 nitrogen and oxygen atoms in total. The second-order valence-electron chi connectivity index (χ2n) is 1.19. The summed E-state index contributed by atoms with van der Waals surface area (Å²) < 4.78 is 0. The van der Waals surface area contributed by atoms with Gasteiger partial charge in [-0.05, 0) is 0 Å². The third-order valence-corrected chi connectivity index (χ3v) is 2.07. The molecule has 0 aromatic carbocycles. The number of hydrogen-bond donors (Lipinski definition) is 2. The summed E-state index contributed by atoms with van der Waals surface area (Å²) in [5.74, 6) is 0.956. The lowest BCUT2D eigenvalue weighted by atomic mass is 10.8. The zero-order valence-corrected chi connectivity index (χ0v) is 5.31. The van der Waals surface area contributed by atoms with Crippen molar-refractivity contribution in [1.82, 2.24) is 10.9 Å². The average molecular weight is 134 g/mol. The van der Waals surface area contributed by atoms with E-state index in [1.54, 1.807) is 17.1 Å². The second-order valence-corrected chi connectivity index (χ2v) is 2.59. The van der Waals surface area contributed by atoms with E-state index in [4.69, 9.17) is 0 Å². The normalized spacial score (nSPS) is 30.6. The minimum absolute atomic E-state index is 0.343. The lowest BCUT2D eigenvalue weighted by Gasteiger charge is -1.94. The number of hydrazine groups is 1. The van der Waals surface area contributed by atoms with Gasteiger partial charge in [0.05, 0.1) is 11.3 Å². The first kappa shape index (κ1) is 5.50. The highest BCUT2D eigenvalue weighted by atomic mass is 32.2. The largest absolute Gasteiger partial charge is 0.246 e. The maximum absolute atomic E-state index is 4.66. The fourth-order valence-corrected chi connectivity index (χ4v) is 1.28. The van der Waals surface area contributed by atoms with Crippen molar-refractivity contribution in [3.05, 3.63) is 0 Å². The molecule has 1 heterocycles. The zero-order chi connectivity index (χ0) is 5.11. The summed E-state index contributed by atoms with van der Waals surface area (Å²) in [5.41, 5.74) is 5.90. The summed E-state index contributed by atoms with van der Waals surface area (Å²) >= 11 is 6.42. The highest BCUT2D eigenvalue weighted by Gasteiger charge is 2.08. The molecule has 1 atom stereocenters. The molecule has 4 heteroatoms. The SMILES string of the molecule is S=CC1NNCS1. The van der Waals surface area contributed by atoms with Gasteiger partial charge in [0.15, 0.2) is 0 Å². The van der Waals surface area contributed by atoms with E-state index < -0.39 is 0 Å². The van der Waals surface area contributed by atoms with Crippen LogP contribution in [0, 0.1) is 0 Å². The molecule has 1 unspecified atom stereocenters. The fourth-order valence-electron chi connectivity index (χ4n) is 0.389. The predicted octanol–water partition coefficient (Wildman–Crippen LogP) is 0.111. The van der Waals surface area contributed by atoms with Gasteiger partial charge in [-0.2, -0.15) is 0 Å². The molecular weight excluding hydrogens is 128 g/mol. The molecule has 0 spiro atoms. The van der Waals surface area contributed by atoms with Crippen LogP contribution in [0.15, 0.2) is 0 Å². The lowest BCUT2D eigenvalue weighted by molar-refractivity contribution is 0.661. The van der Waals surface area contributed by atoms with Gasteiger partial charge in [-0.3, -0.25) is 0 Å². The molecule has 1 saturated heterocycles. The first-order chi connectivity index (χ1) is 3.43. The summed E-state index contributed by atoms with van der Waals surface area (Å²) in [6.45, 7) is 0. The summed E-state index contributed by atoms with van der Waals surface area (Å²) in [6, 6.07) is 0. The van der Waals surface area contributed by atoms with E-state index in [0.29, 0.717) is 5.37 Å². The van der Waals surface area contributed by atoms with Gasteiger partial charge < -0.3 is 0 Å². The Balaban J connectivity index is 2.26. The Kier molecular flexibility index (Phi) is 2.05. The van der Waals surface area contributed by atoms with Gasteiger partial charge in [0.1, 0.15) is 0 Å². The van der Waals surface area contributed by atoms with E-state index in [1.165, 1.54) is 0 Å². The highest BCUT2D eigenvalue weighted by Crippen LogP contribution is 2.06. The molecule has 40 valence electrons. The Labute approximate surface area is 52.0 Å². The molecule has 0 aliphatic carbocycles. The summed E-state index contributed by atoms with van der Waals surface area (Å²) in [7, 11) is 0. The number of hydrogen-bond acceptors (Lipinski definition) is 4. The second kappa shape index (κ2) is 2.61. The lowest BCUT2D eigenvalue weighted by Crippen LogP contribution is -2.29. The molecule has 7 heavy (non-hydrogen) atoms. The molecule has 0 aromatic heterocycles. The molecule has 1 aliphatic rings. The van der Waals surface area contributed by atoms with Crippen LogP contribution in [0.25, 0.3) is 0 Å². The van der Waals surface area contributed by atoms with Crippen LogP contribution in [0.5, 0.6) is 0 Å². The minimum Gasteiger partial charge on any atom is -0.246 e. The van der Waals surface area contributed by atoms with E-state index >= 15 is 0 Å². The summed E-state index contributed by atoms with van der Waals surface area (Å²) in [4.78, 5) is 0. The molecule has 0 aromatic rings. The van der Waals surface area contributed by atoms with Gasteiger partial charge >= 0.3 is 0 Å². The smallest absolute Gasteiger partial charge is 0.0962 e. The Morgan fingerprint density at radius 1 is 1.86 bits per heavy atom. The van der Waals surface area contributed by atoms with Crippen LogP contribution in [0.3, 0.4) is 0 Å². The topological polar surface area (TPSA) is 24.1 Å². The first-order valence-electron chi connectivity index (χ1n) is 1.99. The quantitative estimate of drug-likeness (QED) is 0.497. The molecular formula is C3H6N2S2. The third kappa shape index (κ3) is 1.38. The maximum atomic E-state index is 4.66.